The van der Waals surface area contributed by atoms with Crippen molar-refractivity contribution in [2.24, 2.45) is 17.8 Å². The zero-order valence-electron chi connectivity index (χ0n) is 25.9. The summed E-state index contributed by atoms with van der Waals surface area (Å²) in [7, 11) is -3.04. The summed E-state index contributed by atoms with van der Waals surface area (Å²) in [6, 6.07) is 9.60. The fourth-order valence-corrected chi connectivity index (χ4v) is 7.25. The van der Waals surface area contributed by atoms with Gasteiger partial charge in [-0.25, -0.2) is 13.4 Å². The van der Waals surface area contributed by atoms with Crippen LogP contribution < -0.4 is 10.1 Å². The van der Waals surface area contributed by atoms with Gasteiger partial charge < -0.3 is 29.7 Å². The highest BCUT2D eigenvalue weighted by molar-refractivity contribution is 7.90. The van der Waals surface area contributed by atoms with Crippen molar-refractivity contribution in [3.8, 4) is 11.6 Å². The third kappa shape index (κ3) is 8.33. The van der Waals surface area contributed by atoms with Crippen LogP contribution in [-0.2, 0) is 24.2 Å². The average Bonchev–Trinajstić information content (AvgIpc) is 3.47. The van der Waals surface area contributed by atoms with E-state index >= 15 is 0 Å². The molecule has 1 aliphatic carbocycles. The highest BCUT2D eigenvalue weighted by Gasteiger charge is 2.36. The Morgan fingerprint density at radius 1 is 1.04 bits per heavy atom. The summed E-state index contributed by atoms with van der Waals surface area (Å²) in [6.07, 6.45) is 8.85. The fourth-order valence-electron chi connectivity index (χ4n) is 6.61. The molecule has 2 fully saturated rings. The minimum absolute atomic E-state index is 0.0750. The quantitative estimate of drug-likeness (QED) is 0.229. The number of amides is 1. The van der Waals surface area contributed by atoms with Crippen molar-refractivity contribution >= 4 is 44.5 Å². The van der Waals surface area contributed by atoms with Gasteiger partial charge in [0.25, 0.3) is 0 Å². The summed E-state index contributed by atoms with van der Waals surface area (Å²) in [6.45, 7) is 1.21. The van der Waals surface area contributed by atoms with Crippen molar-refractivity contribution in [3.63, 3.8) is 0 Å². The Morgan fingerprint density at radius 3 is 2.46 bits per heavy atom. The lowest BCUT2D eigenvalue weighted by Gasteiger charge is -2.37. The molecule has 5 rings (SSSR count). The van der Waals surface area contributed by atoms with Gasteiger partial charge in [0, 0.05) is 49.1 Å². The first-order valence-electron chi connectivity index (χ1n) is 15.7. The zero-order valence-corrected chi connectivity index (χ0v) is 26.7. The molecule has 3 aromatic rings. The van der Waals surface area contributed by atoms with Crippen molar-refractivity contribution in [2.75, 3.05) is 37.0 Å². The van der Waals surface area contributed by atoms with E-state index in [4.69, 9.17) is 14.8 Å². The van der Waals surface area contributed by atoms with Gasteiger partial charge in [-0.05, 0) is 75.1 Å². The zero-order chi connectivity index (χ0) is 32.8. The first-order valence-corrected chi connectivity index (χ1v) is 17.8. The average molecular weight is 656 g/mol. The van der Waals surface area contributed by atoms with Crippen LogP contribution in [0, 0.1) is 17.8 Å². The molecule has 1 aliphatic heterocycles. The van der Waals surface area contributed by atoms with Gasteiger partial charge in [0.15, 0.2) is 0 Å². The molecular formula is C32H41N5O8S. The van der Waals surface area contributed by atoms with E-state index in [0.717, 1.165) is 36.6 Å². The number of anilines is 1. The van der Waals surface area contributed by atoms with Gasteiger partial charge in [-0.1, -0.05) is 6.07 Å². The van der Waals surface area contributed by atoms with Crippen molar-refractivity contribution in [1.82, 2.24) is 19.4 Å². The van der Waals surface area contributed by atoms with Crippen molar-refractivity contribution in [2.45, 2.75) is 57.4 Å². The molecule has 1 saturated carbocycles. The number of piperidine rings is 1. The van der Waals surface area contributed by atoms with E-state index in [2.05, 4.69) is 10.3 Å². The Labute approximate surface area is 267 Å². The van der Waals surface area contributed by atoms with E-state index in [0.29, 0.717) is 56.5 Å². The van der Waals surface area contributed by atoms with Crippen LogP contribution in [0.25, 0.3) is 16.7 Å². The first kappa shape index (κ1) is 33.2. The SMILES string of the molecule is CS(=O)(=O)CCCOc1cccc2c1ccn2-c1ccnc(NC2CCC(C(=O)N3CCC(C(CC(=O)O)C(=O)O)CC3)CC2)n1. The van der Waals surface area contributed by atoms with E-state index in [1.54, 1.807) is 6.20 Å². The molecule has 2 aromatic heterocycles. The predicted octanol–water partition coefficient (Wildman–Crippen LogP) is 3.62. The molecule has 2 aliphatic rings. The number of carboxylic acid groups (broad SMARTS) is 2. The summed E-state index contributed by atoms with van der Waals surface area (Å²) in [5.41, 5.74) is 0.897. The number of nitrogens with zero attached hydrogens (tertiary/aromatic N) is 4. The maximum absolute atomic E-state index is 13.3. The number of hydrogen-bond donors (Lipinski definition) is 3. The number of aromatic nitrogens is 3. The van der Waals surface area contributed by atoms with Crippen LogP contribution in [0.1, 0.15) is 51.4 Å². The second-order valence-corrected chi connectivity index (χ2v) is 14.6. The Hall–Kier alpha value is -4.20. The maximum atomic E-state index is 13.3. The van der Waals surface area contributed by atoms with Crippen molar-refractivity contribution < 1.29 is 37.8 Å². The van der Waals surface area contributed by atoms with Crippen molar-refractivity contribution in [3.05, 3.63) is 42.7 Å². The molecule has 1 aromatic carbocycles. The molecule has 46 heavy (non-hydrogen) atoms. The van der Waals surface area contributed by atoms with Gasteiger partial charge in [0.05, 0.1) is 30.2 Å². The summed E-state index contributed by atoms with van der Waals surface area (Å²) in [5.74, 6) is -1.44. The second kappa shape index (κ2) is 14.5. The van der Waals surface area contributed by atoms with Gasteiger partial charge in [0.1, 0.15) is 21.4 Å². The number of sulfone groups is 1. The molecule has 3 heterocycles. The van der Waals surface area contributed by atoms with E-state index in [1.165, 1.54) is 6.26 Å². The standard InChI is InChI=1S/C32H41N5O8S/c1-46(43,44)19-3-18-45-27-5-2-4-26-24(27)13-17-37(26)28-10-14-33-32(35-28)34-23-8-6-22(7-9-23)30(40)36-15-11-21(12-16-36)25(31(41)42)20-29(38)39/h2,4-5,10,13-14,17,21-23,25H,3,6-9,11-12,15-16,18-20H2,1H3,(H,38,39)(H,41,42)(H,33,34,35). The molecule has 1 atom stereocenters. The second-order valence-electron chi connectivity index (χ2n) is 12.3. The third-order valence-corrected chi connectivity index (χ3v) is 10.1. The predicted molar refractivity (Wildman–Crippen MR) is 171 cm³/mol. The van der Waals surface area contributed by atoms with Crippen LogP contribution in [0.3, 0.4) is 0 Å². The minimum atomic E-state index is -3.04. The smallest absolute Gasteiger partial charge is 0.307 e. The normalized spacial score (nSPS) is 19.9. The molecule has 0 radical (unpaired) electrons. The molecule has 0 bridgehead atoms. The number of nitrogens with one attached hydrogen (secondary N) is 1. The van der Waals surface area contributed by atoms with E-state index in [9.17, 15) is 27.9 Å². The van der Waals surface area contributed by atoms with Crippen LogP contribution >= 0.6 is 0 Å². The largest absolute Gasteiger partial charge is 0.493 e. The molecule has 13 nitrogen and oxygen atoms in total. The monoisotopic (exact) mass is 655 g/mol. The molecule has 1 unspecified atom stereocenters. The fraction of sp³-hybridized carbons (Fsp3) is 0.531. The molecule has 248 valence electrons. The Balaban J connectivity index is 1.13. The van der Waals surface area contributed by atoms with Crippen LogP contribution in [0.2, 0.25) is 0 Å². The molecule has 3 N–H and O–H groups in total. The number of likely N-dealkylation sites (tertiary alicyclic amines) is 1. The number of fused-ring (bicyclic) bond motifs is 1. The van der Waals surface area contributed by atoms with Gasteiger partial charge in [-0.15, -0.1) is 0 Å². The van der Waals surface area contributed by atoms with E-state index in [-0.39, 0.29) is 29.5 Å². The maximum Gasteiger partial charge on any atom is 0.307 e. The number of hydrogen-bond acceptors (Lipinski definition) is 9. The van der Waals surface area contributed by atoms with Gasteiger partial charge in [-0.2, -0.15) is 4.98 Å². The number of rotatable bonds is 13. The van der Waals surface area contributed by atoms with Crippen LogP contribution in [0.5, 0.6) is 5.75 Å². The molecule has 1 saturated heterocycles. The Morgan fingerprint density at radius 2 is 1.78 bits per heavy atom. The number of aliphatic carboxylic acids is 2. The first-order chi connectivity index (χ1) is 22.0. The molecule has 14 heteroatoms. The van der Waals surface area contributed by atoms with Crippen LogP contribution in [0.4, 0.5) is 5.95 Å². The number of carbonyl (C=O) groups is 3. The number of ether oxygens (including phenoxy) is 1. The van der Waals surface area contributed by atoms with Gasteiger partial charge in [0.2, 0.25) is 11.9 Å². The lowest BCUT2D eigenvalue weighted by atomic mass is 9.81. The summed E-state index contributed by atoms with van der Waals surface area (Å²) < 4.78 is 30.7. The molecular weight excluding hydrogens is 614 g/mol. The lowest BCUT2D eigenvalue weighted by Crippen LogP contribution is -2.45. The Bertz CT molecular complexity index is 1660. The van der Waals surface area contributed by atoms with Crippen LogP contribution in [0.15, 0.2) is 42.7 Å². The third-order valence-electron chi connectivity index (χ3n) is 9.04. The highest BCUT2D eigenvalue weighted by Crippen LogP contribution is 2.33. The summed E-state index contributed by atoms with van der Waals surface area (Å²) >= 11 is 0. The summed E-state index contributed by atoms with van der Waals surface area (Å²) in [5, 5.41) is 22.9. The van der Waals surface area contributed by atoms with Gasteiger partial charge >= 0.3 is 11.9 Å². The van der Waals surface area contributed by atoms with E-state index in [1.807, 2.05) is 46.0 Å². The molecule has 0 spiro atoms. The Kier molecular flexibility index (Phi) is 10.4. The lowest BCUT2D eigenvalue weighted by molar-refractivity contribution is -0.151. The minimum Gasteiger partial charge on any atom is -0.493 e. The highest BCUT2D eigenvalue weighted by atomic mass is 32.2. The number of carboxylic acids is 2. The number of carbonyl (C=O) groups excluding carboxylic acids is 1. The van der Waals surface area contributed by atoms with Crippen LogP contribution in [-0.4, -0.2) is 93.7 Å². The number of benzene rings is 1. The topological polar surface area (TPSA) is 181 Å². The molecule has 1 amide bonds. The van der Waals surface area contributed by atoms with E-state index < -0.39 is 34.1 Å². The van der Waals surface area contributed by atoms with Gasteiger partial charge in [-0.3, -0.25) is 14.4 Å². The van der Waals surface area contributed by atoms with Crippen molar-refractivity contribution in [1.29, 1.82) is 0 Å². The summed E-state index contributed by atoms with van der Waals surface area (Å²) in [4.78, 5) is 46.9.